The first-order valence-corrected chi connectivity index (χ1v) is 14.0. The predicted molar refractivity (Wildman–Crippen MR) is 135 cm³/mol. The van der Waals surface area contributed by atoms with Crippen molar-refractivity contribution < 1.29 is 44.7 Å². The average molecular weight is 622 g/mol. The first-order chi connectivity index (χ1) is 19.9. The zero-order valence-electron chi connectivity index (χ0n) is 23.3. The number of nitrogens with zero attached hydrogens (tertiary/aromatic N) is 4. The topological polar surface area (TPSA) is 79.7 Å². The van der Waals surface area contributed by atoms with Gasteiger partial charge < -0.3 is 15.1 Å². The molecule has 0 bridgehead atoms. The van der Waals surface area contributed by atoms with E-state index in [1.54, 1.807) is 0 Å². The molecule has 236 valence electrons. The summed E-state index contributed by atoms with van der Waals surface area (Å²) in [6, 6.07) is 2.56. The molecule has 1 aromatic rings. The highest BCUT2D eigenvalue weighted by Gasteiger charge is 2.71. The van der Waals surface area contributed by atoms with Gasteiger partial charge >= 0.3 is 12.4 Å². The van der Waals surface area contributed by atoms with Crippen LogP contribution in [0.25, 0.3) is 0 Å². The number of piperazine rings is 1. The van der Waals surface area contributed by atoms with E-state index >= 15 is 8.78 Å². The first-order valence-electron chi connectivity index (χ1n) is 14.0. The van der Waals surface area contributed by atoms with Gasteiger partial charge in [0.15, 0.2) is 0 Å². The molecule has 2 saturated carbocycles. The Kier molecular flexibility index (Phi) is 7.73. The fraction of sp³-hybridized carbons (Fsp3) is 0.679. The van der Waals surface area contributed by atoms with Crippen LogP contribution in [0.15, 0.2) is 18.2 Å². The van der Waals surface area contributed by atoms with Gasteiger partial charge in [0.05, 0.1) is 11.6 Å². The molecule has 0 aromatic heterocycles. The average Bonchev–Trinajstić information content (AvgIpc) is 3.85. The van der Waals surface area contributed by atoms with Gasteiger partial charge in [-0.2, -0.15) is 31.6 Å². The maximum Gasteiger partial charge on any atom is 0.416 e. The van der Waals surface area contributed by atoms with Crippen molar-refractivity contribution in [2.75, 3.05) is 39.8 Å². The molecule has 5 rings (SSSR count). The van der Waals surface area contributed by atoms with Crippen LogP contribution in [0.3, 0.4) is 0 Å². The number of likely N-dealkylation sites (N-methyl/N-ethyl adjacent to an activating group) is 1. The standard InChI is InChI=1S/C28H31F8N5O2/c1-39-8-10-40(11-9-39)14-17-2-3-19(20(12-17)27(31,32)33)26(29,30)18-13-21(22(42)38-24(16-37)4-5-24)41(15-18)23(43)25(6-7-25)28(34,35)36/h2-3,12,18,21H,4-11,13-15H2,1H3,(H,38,42)/t18-,21+/m1/s1. The number of halogens is 8. The van der Waals surface area contributed by atoms with Gasteiger partial charge in [-0.3, -0.25) is 14.5 Å². The van der Waals surface area contributed by atoms with Crippen LogP contribution in [0.4, 0.5) is 35.1 Å². The van der Waals surface area contributed by atoms with Crippen molar-refractivity contribution in [3.63, 3.8) is 0 Å². The zero-order chi connectivity index (χ0) is 31.6. The molecule has 1 aromatic carbocycles. The third-order valence-corrected chi connectivity index (χ3v) is 9.16. The molecular weight excluding hydrogens is 590 g/mol. The highest BCUT2D eigenvalue weighted by atomic mass is 19.4. The molecule has 0 spiro atoms. The molecule has 1 N–H and O–H groups in total. The van der Waals surface area contributed by atoms with E-state index in [0.717, 1.165) is 0 Å². The zero-order valence-corrected chi connectivity index (χ0v) is 23.3. The number of nitrogens with one attached hydrogen (secondary N) is 1. The molecule has 2 amide bonds. The molecule has 2 heterocycles. The number of hydrogen-bond acceptors (Lipinski definition) is 5. The van der Waals surface area contributed by atoms with Gasteiger partial charge in [0.1, 0.15) is 17.0 Å². The summed E-state index contributed by atoms with van der Waals surface area (Å²) in [6.07, 6.45) is -11.8. The Morgan fingerprint density at radius 3 is 2.12 bits per heavy atom. The second-order valence-corrected chi connectivity index (χ2v) is 12.2. The minimum atomic E-state index is -5.18. The number of rotatable bonds is 7. The highest BCUT2D eigenvalue weighted by Crippen LogP contribution is 2.60. The van der Waals surface area contributed by atoms with Gasteiger partial charge in [0.2, 0.25) is 11.8 Å². The van der Waals surface area contributed by atoms with E-state index in [9.17, 15) is 41.2 Å². The third kappa shape index (κ3) is 5.92. The van der Waals surface area contributed by atoms with Crippen molar-refractivity contribution in [2.24, 2.45) is 11.3 Å². The van der Waals surface area contributed by atoms with Gasteiger partial charge in [-0.15, -0.1) is 0 Å². The van der Waals surface area contributed by atoms with Crippen LogP contribution in [-0.4, -0.2) is 84.0 Å². The summed E-state index contributed by atoms with van der Waals surface area (Å²) < 4.78 is 116. The molecule has 2 aliphatic carbocycles. The molecular formula is C28H31F8N5O2. The first kappa shape index (κ1) is 31.4. The maximum absolute atomic E-state index is 16.1. The quantitative estimate of drug-likeness (QED) is 0.461. The van der Waals surface area contributed by atoms with Crippen molar-refractivity contribution in [1.82, 2.24) is 20.0 Å². The Morgan fingerprint density at radius 2 is 1.60 bits per heavy atom. The maximum atomic E-state index is 16.1. The Hall–Kier alpha value is -2.99. The number of carbonyl (C=O) groups is 2. The summed E-state index contributed by atoms with van der Waals surface area (Å²) in [7, 11) is 1.91. The molecule has 2 aliphatic heterocycles. The lowest BCUT2D eigenvalue weighted by molar-refractivity contribution is -0.199. The second-order valence-electron chi connectivity index (χ2n) is 12.2. The van der Waals surface area contributed by atoms with Crippen LogP contribution in [-0.2, 0) is 28.2 Å². The minimum Gasteiger partial charge on any atom is -0.336 e. The molecule has 2 atom stereocenters. The molecule has 0 unspecified atom stereocenters. The van der Waals surface area contributed by atoms with Gasteiger partial charge in [0, 0.05) is 50.7 Å². The number of hydrogen-bond donors (Lipinski definition) is 1. The lowest BCUT2D eigenvalue weighted by Gasteiger charge is -2.33. The molecule has 15 heteroatoms. The SMILES string of the molecule is CN1CCN(Cc2ccc(C(F)(F)[C@@H]3C[C@@H](C(=O)NC4(C#N)CC4)N(C(=O)C4(C(F)(F)F)CC4)C3)c(C(F)(F)F)c2)CC1. The lowest BCUT2D eigenvalue weighted by Crippen LogP contribution is -2.53. The van der Waals surface area contributed by atoms with E-state index in [-0.39, 0.29) is 24.9 Å². The van der Waals surface area contributed by atoms with Gasteiger partial charge in [-0.1, -0.05) is 12.1 Å². The van der Waals surface area contributed by atoms with Crippen LogP contribution in [0, 0.1) is 22.7 Å². The Labute approximate surface area is 242 Å². The van der Waals surface area contributed by atoms with Crippen LogP contribution in [0.5, 0.6) is 0 Å². The largest absolute Gasteiger partial charge is 0.416 e. The van der Waals surface area contributed by atoms with Gasteiger partial charge in [-0.25, -0.2) is 8.78 Å². The summed E-state index contributed by atoms with van der Waals surface area (Å²) in [5.74, 6) is -8.98. The predicted octanol–water partition coefficient (Wildman–Crippen LogP) is 4.28. The molecule has 4 aliphatic rings. The summed E-state index contributed by atoms with van der Waals surface area (Å²) in [5, 5.41) is 11.7. The van der Waals surface area contributed by atoms with Crippen molar-refractivity contribution in [1.29, 1.82) is 5.26 Å². The number of carbonyl (C=O) groups excluding carboxylic acids is 2. The number of likely N-dealkylation sites (tertiary alicyclic amines) is 1. The number of nitriles is 1. The van der Waals surface area contributed by atoms with Crippen LogP contribution < -0.4 is 5.32 Å². The third-order valence-electron chi connectivity index (χ3n) is 9.16. The fourth-order valence-electron chi connectivity index (χ4n) is 6.00. The van der Waals surface area contributed by atoms with E-state index in [2.05, 4.69) is 10.2 Å². The summed E-state index contributed by atoms with van der Waals surface area (Å²) in [6.45, 7) is 1.60. The van der Waals surface area contributed by atoms with Gasteiger partial charge in [0.25, 0.3) is 5.92 Å². The summed E-state index contributed by atoms with van der Waals surface area (Å²) in [4.78, 5) is 30.6. The Balaban J connectivity index is 1.44. The van der Waals surface area contributed by atoms with E-state index in [1.165, 1.54) is 6.07 Å². The summed E-state index contributed by atoms with van der Waals surface area (Å²) in [5.41, 5.74) is -6.91. The number of benzene rings is 1. The van der Waals surface area contributed by atoms with E-state index in [0.29, 0.717) is 43.2 Å². The highest BCUT2D eigenvalue weighted by molar-refractivity contribution is 5.93. The minimum absolute atomic E-state index is 0.108. The fourth-order valence-corrected chi connectivity index (χ4v) is 6.00. The van der Waals surface area contributed by atoms with Gasteiger partial charge in [-0.05, 0) is 50.8 Å². The van der Waals surface area contributed by atoms with Crippen molar-refractivity contribution >= 4 is 11.8 Å². The monoisotopic (exact) mass is 621 g/mol. The van der Waals surface area contributed by atoms with E-state index < -0.39 is 89.9 Å². The molecule has 7 nitrogen and oxygen atoms in total. The molecule has 2 saturated heterocycles. The van der Waals surface area contributed by atoms with Crippen LogP contribution in [0.2, 0.25) is 0 Å². The smallest absolute Gasteiger partial charge is 0.336 e. The molecule has 43 heavy (non-hydrogen) atoms. The Morgan fingerprint density at radius 1 is 0.977 bits per heavy atom. The van der Waals surface area contributed by atoms with E-state index in [4.69, 9.17) is 0 Å². The second kappa shape index (κ2) is 10.6. The number of amides is 2. The van der Waals surface area contributed by atoms with Crippen LogP contribution >= 0.6 is 0 Å². The van der Waals surface area contributed by atoms with Crippen LogP contribution in [0.1, 0.15) is 48.8 Å². The lowest BCUT2D eigenvalue weighted by atomic mass is 9.88. The van der Waals surface area contributed by atoms with Crippen molar-refractivity contribution in [3.05, 3.63) is 34.9 Å². The van der Waals surface area contributed by atoms with Crippen molar-refractivity contribution in [3.8, 4) is 6.07 Å². The normalized spacial score (nSPS) is 25.7. The van der Waals surface area contributed by atoms with E-state index in [1.807, 2.05) is 18.0 Å². The molecule has 0 radical (unpaired) electrons. The summed E-state index contributed by atoms with van der Waals surface area (Å²) >= 11 is 0. The molecule has 4 fully saturated rings. The number of alkyl halides is 8. The van der Waals surface area contributed by atoms with Crippen molar-refractivity contribution in [2.45, 2.75) is 68.5 Å². The Bertz CT molecular complexity index is 1310.